The Morgan fingerprint density at radius 2 is 1.32 bits per heavy atom. The zero-order valence-electron chi connectivity index (χ0n) is 19.0. The van der Waals surface area contributed by atoms with Crippen LogP contribution >= 0.6 is 0 Å². The lowest BCUT2D eigenvalue weighted by molar-refractivity contribution is -0.112. The van der Waals surface area contributed by atoms with Gasteiger partial charge in [0.1, 0.15) is 0 Å². The van der Waals surface area contributed by atoms with Gasteiger partial charge in [-0.15, -0.1) is 0 Å². The molecule has 3 aromatic rings. The van der Waals surface area contributed by atoms with Crippen LogP contribution in [-0.4, -0.2) is 31.9 Å². The predicted octanol–water partition coefficient (Wildman–Crippen LogP) is 4.58. The second kappa shape index (κ2) is 10.8. The minimum Gasteiger partial charge on any atom is -0.493 e. The standard InChI is InChI=1S/C26H25N3O5/c1-16(30)20-14-23(33-2)24(34-3)15-21(20)22(25(27)31)13-17-9-11-19(12-10-17)29-26(32)28-18-7-5-4-6-8-18/h4-15H,1-3H3,(H2,27,31)(H2,28,29,32)/b22-13-. The molecule has 3 amide bonds. The Kier molecular flexibility index (Phi) is 7.66. The highest BCUT2D eigenvalue weighted by atomic mass is 16.5. The van der Waals surface area contributed by atoms with Gasteiger partial charge >= 0.3 is 6.03 Å². The lowest BCUT2D eigenvalue weighted by atomic mass is 9.94. The second-order valence-electron chi connectivity index (χ2n) is 7.30. The van der Waals surface area contributed by atoms with E-state index in [1.807, 2.05) is 18.2 Å². The molecule has 0 radical (unpaired) electrons. The zero-order valence-corrected chi connectivity index (χ0v) is 19.0. The number of amides is 3. The van der Waals surface area contributed by atoms with Crippen molar-refractivity contribution in [2.24, 2.45) is 5.73 Å². The van der Waals surface area contributed by atoms with E-state index in [4.69, 9.17) is 15.2 Å². The number of nitrogens with one attached hydrogen (secondary N) is 2. The number of nitrogens with two attached hydrogens (primary N) is 1. The van der Waals surface area contributed by atoms with Crippen molar-refractivity contribution in [3.05, 3.63) is 83.4 Å². The molecule has 0 spiro atoms. The number of ether oxygens (including phenoxy) is 2. The largest absolute Gasteiger partial charge is 0.493 e. The Morgan fingerprint density at radius 3 is 1.82 bits per heavy atom. The maximum atomic E-state index is 12.3. The number of urea groups is 1. The molecule has 174 valence electrons. The number of rotatable bonds is 8. The van der Waals surface area contributed by atoms with E-state index in [1.165, 1.54) is 27.2 Å². The number of methoxy groups -OCH3 is 2. The first kappa shape index (κ1) is 24.1. The van der Waals surface area contributed by atoms with Crippen molar-refractivity contribution in [2.45, 2.75) is 6.92 Å². The fraction of sp³-hybridized carbons (Fsp3) is 0.115. The first-order valence-corrected chi connectivity index (χ1v) is 10.3. The number of hydrogen-bond donors (Lipinski definition) is 3. The number of primary amides is 1. The van der Waals surface area contributed by atoms with Crippen molar-refractivity contribution in [2.75, 3.05) is 24.9 Å². The Bertz CT molecular complexity index is 1240. The van der Waals surface area contributed by atoms with E-state index in [0.29, 0.717) is 34.0 Å². The molecule has 0 fully saturated rings. The predicted molar refractivity (Wildman–Crippen MR) is 132 cm³/mol. The Morgan fingerprint density at radius 1 is 0.794 bits per heavy atom. The van der Waals surface area contributed by atoms with Crippen LogP contribution in [0.5, 0.6) is 11.5 Å². The third-order valence-corrected chi connectivity index (χ3v) is 4.97. The summed E-state index contributed by atoms with van der Waals surface area (Å²) in [5, 5.41) is 5.47. The monoisotopic (exact) mass is 459 g/mol. The van der Waals surface area contributed by atoms with Crippen molar-refractivity contribution in [1.29, 1.82) is 0 Å². The molecule has 8 nitrogen and oxygen atoms in total. The Hall–Kier alpha value is -4.59. The second-order valence-corrected chi connectivity index (χ2v) is 7.30. The van der Waals surface area contributed by atoms with Crippen LogP contribution < -0.4 is 25.8 Å². The molecule has 0 aliphatic rings. The van der Waals surface area contributed by atoms with Crippen molar-refractivity contribution in [3.63, 3.8) is 0 Å². The molecular formula is C26H25N3O5. The quantitative estimate of drug-likeness (QED) is 0.259. The van der Waals surface area contributed by atoms with Crippen molar-refractivity contribution >= 4 is 40.7 Å². The molecule has 0 bridgehead atoms. The molecule has 8 heteroatoms. The number of hydrogen-bond acceptors (Lipinski definition) is 5. The average molecular weight is 460 g/mol. The molecule has 0 aromatic heterocycles. The summed E-state index contributed by atoms with van der Waals surface area (Å²) in [6.07, 6.45) is 1.57. The molecular weight excluding hydrogens is 434 g/mol. The van der Waals surface area contributed by atoms with Gasteiger partial charge in [-0.2, -0.15) is 0 Å². The SMILES string of the molecule is COc1cc(C(C)=O)c(/C(=C/c2ccc(NC(=O)Nc3ccccc3)cc2)C(N)=O)cc1OC. The summed E-state index contributed by atoms with van der Waals surface area (Å²) in [6.45, 7) is 1.39. The lowest BCUT2D eigenvalue weighted by Crippen LogP contribution is -2.19. The highest BCUT2D eigenvalue weighted by Crippen LogP contribution is 2.34. The molecule has 0 unspecified atom stereocenters. The number of carbonyl (C=O) groups is 3. The first-order chi connectivity index (χ1) is 16.3. The zero-order chi connectivity index (χ0) is 24.7. The molecule has 4 N–H and O–H groups in total. The summed E-state index contributed by atoms with van der Waals surface area (Å²) in [5.41, 5.74) is 8.28. The fourth-order valence-electron chi connectivity index (χ4n) is 3.32. The summed E-state index contributed by atoms with van der Waals surface area (Å²) >= 11 is 0. The van der Waals surface area contributed by atoms with E-state index in [2.05, 4.69) is 10.6 Å². The van der Waals surface area contributed by atoms with Crippen LogP contribution in [0.1, 0.15) is 28.4 Å². The van der Waals surface area contributed by atoms with Crippen LogP contribution in [0.2, 0.25) is 0 Å². The number of benzene rings is 3. The van der Waals surface area contributed by atoms with Gasteiger partial charge in [-0.3, -0.25) is 9.59 Å². The molecule has 0 heterocycles. The topological polar surface area (TPSA) is 120 Å². The van der Waals surface area contributed by atoms with Crippen LogP contribution in [0, 0.1) is 0 Å². The third-order valence-electron chi connectivity index (χ3n) is 4.97. The summed E-state index contributed by atoms with van der Waals surface area (Å²) in [4.78, 5) is 36.8. The maximum absolute atomic E-state index is 12.3. The van der Waals surface area contributed by atoms with Crippen molar-refractivity contribution in [1.82, 2.24) is 0 Å². The number of anilines is 2. The van der Waals surface area contributed by atoms with Crippen LogP contribution in [0.25, 0.3) is 11.6 Å². The molecule has 0 saturated carbocycles. The average Bonchev–Trinajstić information content (AvgIpc) is 2.83. The minimum atomic E-state index is -0.709. The number of carbonyl (C=O) groups excluding carboxylic acids is 3. The number of ketones is 1. The molecule has 0 aliphatic carbocycles. The molecule has 3 aromatic carbocycles. The van der Waals surface area contributed by atoms with E-state index in [-0.39, 0.29) is 23.0 Å². The van der Waals surface area contributed by atoms with Gasteiger partial charge in [0.15, 0.2) is 17.3 Å². The summed E-state index contributed by atoms with van der Waals surface area (Å²) in [5.74, 6) is -0.241. The molecule has 0 aliphatic heterocycles. The van der Waals surface area contributed by atoms with Crippen LogP contribution in [-0.2, 0) is 4.79 Å². The van der Waals surface area contributed by atoms with Crippen molar-refractivity contribution in [3.8, 4) is 11.5 Å². The van der Waals surface area contributed by atoms with Gasteiger partial charge in [-0.1, -0.05) is 30.3 Å². The van der Waals surface area contributed by atoms with Crippen LogP contribution in [0.4, 0.5) is 16.2 Å². The Labute approximate surface area is 197 Å². The van der Waals surface area contributed by atoms with Crippen molar-refractivity contribution < 1.29 is 23.9 Å². The fourth-order valence-corrected chi connectivity index (χ4v) is 3.32. The molecule has 34 heavy (non-hydrogen) atoms. The van der Waals surface area contributed by atoms with Crippen LogP contribution in [0.3, 0.4) is 0 Å². The van der Waals surface area contributed by atoms with Crippen LogP contribution in [0.15, 0.2) is 66.7 Å². The normalized spacial score (nSPS) is 10.9. The highest BCUT2D eigenvalue weighted by molar-refractivity contribution is 6.25. The highest BCUT2D eigenvalue weighted by Gasteiger charge is 2.20. The third kappa shape index (κ3) is 5.80. The van der Waals surface area contributed by atoms with Gasteiger partial charge in [-0.25, -0.2) is 4.79 Å². The van der Waals surface area contributed by atoms with Gasteiger partial charge in [0.25, 0.3) is 0 Å². The van der Waals surface area contributed by atoms with E-state index < -0.39 is 5.91 Å². The van der Waals surface area contributed by atoms with E-state index in [1.54, 1.807) is 48.5 Å². The Balaban J connectivity index is 1.89. The summed E-state index contributed by atoms with van der Waals surface area (Å²) < 4.78 is 10.6. The molecule has 0 saturated heterocycles. The first-order valence-electron chi connectivity index (χ1n) is 10.3. The molecule has 3 rings (SSSR count). The van der Waals surface area contributed by atoms with Gasteiger partial charge < -0.3 is 25.8 Å². The number of Topliss-reactive ketones (excluding diaryl/α,β-unsaturated/α-hetero) is 1. The van der Waals surface area contributed by atoms with Gasteiger partial charge in [-0.05, 0) is 55.0 Å². The van der Waals surface area contributed by atoms with Gasteiger partial charge in [0, 0.05) is 28.1 Å². The minimum absolute atomic E-state index is 0.133. The smallest absolute Gasteiger partial charge is 0.323 e. The van der Waals surface area contributed by atoms with Gasteiger partial charge in [0.05, 0.1) is 14.2 Å². The summed E-state index contributed by atoms with van der Waals surface area (Å²) in [7, 11) is 2.92. The molecule has 0 atom stereocenters. The maximum Gasteiger partial charge on any atom is 0.323 e. The van der Waals surface area contributed by atoms with E-state index in [9.17, 15) is 14.4 Å². The lowest BCUT2D eigenvalue weighted by Gasteiger charge is -2.15. The number of para-hydroxylation sites is 1. The summed E-state index contributed by atoms with van der Waals surface area (Å²) in [6, 6.07) is 18.6. The van der Waals surface area contributed by atoms with Gasteiger partial charge in [0.2, 0.25) is 5.91 Å². The van der Waals surface area contributed by atoms with E-state index >= 15 is 0 Å². The van der Waals surface area contributed by atoms with E-state index in [0.717, 1.165) is 0 Å².